The van der Waals surface area contributed by atoms with Crippen molar-refractivity contribution in [1.29, 1.82) is 0 Å². The van der Waals surface area contributed by atoms with Gasteiger partial charge in [-0.3, -0.25) is 0 Å². The zero-order valence-electron chi connectivity index (χ0n) is 22.3. The number of methoxy groups -OCH3 is 1. The van der Waals surface area contributed by atoms with Gasteiger partial charge < -0.3 is 33.9 Å². The molecular formula is C27H42N2O7. The van der Waals surface area contributed by atoms with Crippen LogP contribution in [0.25, 0.3) is 0 Å². The number of fused-ring (bicyclic) bond motifs is 1. The maximum absolute atomic E-state index is 13.2. The Labute approximate surface area is 214 Å². The van der Waals surface area contributed by atoms with E-state index in [1.807, 2.05) is 4.90 Å². The highest BCUT2D eigenvalue weighted by Gasteiger charge is 2.72. The summed E-state index contributed by atoms with van der Waals surface area (Å²) in [7, 11) is 3.27. The number of hydrogen-bond donors (Lipinski definition) is 1. The highest BCUT2D eigenvalue weighted by Crippen LogP contribution is 2.59. The number of nitrogens with zero attached hydrogens (tertiary/aromatic N) is 1. The second kappa shape index (κ2) is 9.80. The first kappa shape index (κ1) is 25.8. The van der Waals surface area contributed by atoms with E-state index in [-0.39, 0.29) is 47.6 Å². The zero-order chi connectivity index (χ0) is 25.7. The minimum Gasteiger partial charge on any atom is -0.449 e. The molecule has 1 N–H and O–H groups in total. The molecule has 9 atom stereocenters. The summed E-state index contributed by atoms with van der Waals surface area (Å²) in [5, 5.41) is 2.49. The number of carbonyl (C=O) groups is 2. The van der Waals surface area contributed by atoms with Crippen molar-refractivity contribution in [3.8, 4) is 0 Å². The molecule has 2 saturated carbocycles. The molecule has 2 amide bonds. The van der Waals surface area contributed by atoms with E-state index in [2.05, 4.69) is 32.2 Å². The minimum absolute atomic E-state index is 0.0242. The first-order valence-electron chi connectivity index (χ1n) is 13.5. The molecule has 2 unspecified atom stereocenters. The maximum Gasteiger partial charge on any atom is 0.410 e. The van der Waals surface area contributed by atoms with E-state index in [0.29, 0.717) is 44.1 Å². The number of hydrogen-bond acceptors (Lipinski definition) is 7. The number of allylic oxidation sites excluding steroid dienone is 1. The summed E-state index contributed by atoms with van der Waals surface area (Å²) in [6.07, 6.45) is 5.53. The average Bonchev–Trinajstić information content (AvgIpc) is 3.65. The number of alkyl carbamates (subject to hydrolysis) is 1. The van der Waals surface area contributed by atoms with Gasteiger partial charge in [0.05, 0.1) is 25.2 Å². The van der Waals surface area contributed by atoms with E-state index in [1.165, 1.54) is 5.57 Å². The van der Waals surface area contributed by atoms with Crippen LogP contribution in [0.1, 0.15) is 52.9 Å². The fourth-order valence-corrected chi connectivity index (χ4v) is 7.25. The van der Waals surface area contributed by atoms with Crippen LogP contribution < -0.4 is 5.32 Å². The van der Waals surface area contributed by atoms with Gasteiger partial charge in [0.15, 0.2) is 0 Å². The smallest absolute Gasteiger partial charge is 0.410 e. The molecule has 5 rings (SSSR count). The third kappa shape index (κ3) is 4.86. The van der Waals surface area contributed by atoms with Crippen LogP contribution in [0.2, 0.25) is 0 Å². The highest BCUT2D eigenvalue weighted by molar-refractivity contribution is 5.68. The molecular weight excluding hydrogens is 464 g/mol. The molecule has 5 fully saturated rings. The monoisotopic (exact) mass is 506 g/mol. The van der Waals surface area contributed by atoms with Crippen molar-refractivity contribution in [2.45, 2.75) is 82.4 Å². The van der Waals surface area contributed by atoms with Crippen LogP contribution in [-0.2, 0) is 23.7 Å². The molecule has 0 radical (unpaired) electrons. The van der Waals surface area contributed by atoms with E-state index in [4.69, 9.17) is 23.7 Å². The molecule has 3 heterocycles. The van der Waals surface area contributed by atoms with Gasteiger partial charge in [0.2, 0.25) is 0 Å². The SMILES string of the molecule is CNC(=O)OCC1C[C@@H]2CN(C(=O)O[C@@H]3CC[C@]4(CO4)C([C@@]4(C)O[C@@H]4CC=C(C)C)[C@@H]3OC)C[C@@H]2C1. The van der Waals surface area contributed by atoms with Crippen LogP contribution in [0, 0.1) is 23.7 Å². The summed E-state index contributed by atoms with van der Waals surface area (Å²) in [5.41, 5.74) is 0.712. The number of amides is 2. The molecule has 9 heteroatoms. The van der Waals surface area contributed by atoms with Gasteiger partial charge in [-0.1, -0.05) is 11.6 Å². The molecule has 36 heavy (non-hydrogen) atoms. The Balaban J connectivity index is 1.17. The zero-order valence-corrected chi connectivity index (χ0v) is 22.3. The first-order valence-corrected chi connectivity index (χ1v) is 13.5. The first-order chi connectivity index (χ1) is 17.2. The summed E-state index contributed by atoms with van der Waals surface area (Å²) < 4.78 is 29.7. The van der Waals surface area contributed by atoms with Crippen LogP contribution >= 0.6 is 0 Å². The van der Waals surface area contributed by atoms with Gasteiger partial charge in [-0.15, -0.1) is 0 Å². The van der Waals surface area contributed by atoms with E-state index >= 15 is 0 Å². The van der Waals surface area contributed by atoms with Gasteiger partial charge in [-0.25, -0.2) is 9.59 Å². The standard InChI is InChI=1S/C27H42N2O7/c1-16(2)6-7-21-26(3,36-21)23-22(32-5)20(8-9-27(23)15-34-27)35-25(31)29-12-18-10-17(11-19(18)13-29)14-33-24(30)28-4/h6,17-23H,7-15H2,1-5H3,(H,28,30)/t17?,18-,19+,20-,21-,22-,23?,26+,27+/m1/s1. The van der Waals surface area contributed by atoms with Crippen LogP contribution in [-0.4, -0.2) is 87.1 Å². The molecule has 0 aromatic carbocycles. The largest absolute Gasteiger partial charge is 0.449 e. The normalized spacial score (nSPS) is 42.6. The lowest BCUT2D eigenvalue weighted by atomic mass is 9.68. The Kier molecular flexibility index (Phi) is 7.02. The summed E-state index contributed by atoms with van der Waals surface area (Å²) >= 11 is 0. The van der Waals surface area contributed by atoms with Gasteiger partial charge in [-0.2, -0.15) is 0 Å². The molecule has 0 aromatic heterocycles. The number of ether oxygens (including phenoxy) is 5. The molecule has 202 valence electrons. The van der Waals surface area contributed by atoms with E-state index in [9.17, 15) is 9.59 Å². The highest BCUT2D eigenvalue weighted by atomic mass is 16.6. The second-order valence-electron chi connectivity index (χ2n) is 11.9. The summed E-state index contributed by atoms with van der Waals surface area (Å²) in [6, 6.07) is 0. The van der Waals surface area contributed by atoms with Crippen LogP contribution in [0.15, 0.2) is 11.6 Å². The van der Waals surface area contributed by atoms with Gasteiger partial charge >= 0.3 is 12.2 Å². The van der Waals surface area contributed by atoms with Crippen molar-refractivity contribution >= 4 is 12.2 Å². The third-order valence-corrected chi connectivity index (χ3v) is 9.25. The van der Waals surface area contributed by atoms with Crippen LogP contribution in [0.3, 0.4) is 0 Å². The fourth-order valence-electron chi connectivity index (χ4n) is 7.25. The second-order valence-corrected chi connectivity index (χ2v) is 11.9. The predicted octanol–water partition coefficient (Wildman–Crippen LogP) is 3.51. The van der Waals surface area contributed by atoms with Crippen molar-refractivity contribution in [3.63, 3.8) is 0 Å². The Bertz CT molecular complexity index is 871. The number of rotatable bonds is 7. The van der Waals surface area contributed by atoms with Crippen molar-refractivity contribution in [3.05, 3.63) is 11.6 Å². The third-order valence-electron chi connectivity index (χ3n) is 9.25. The molecule has 3 aliphatic heterocycles. The lowest BCUT2D eigenvalue weighted by Gasteiger charge is -2.43. The lowest BCUT2D eigenvalue weighted by molar-refractivity contribution is -0.121. The number of epoxide rings is 2. The van der Waals surface area contributed by atoms with Gasteiger partial charge in [-0.05, 0) is 70.6 Å². The van der Waals surface area contributed by atoms with E-state index < -0.39 is 0 Å². The quantitative estimate of drug-likeness (QED) is 0.416. The van der Waals surface area contributed by atoms with Crippen LogP contribution in [0.5, 0.6) is 0 Å². The molecule has 2 aliphatic carbocycles. The molecule has 9 nitrogen and oxygen atoms in total. The number of carbonyl (C=O) groups excluding carboxylic acids is 2. The molecule has 1 spiro atoms. The Morgan fingerprint density at radius 1 is 1.19 bits per heavy atom. The van der Waals surface area contributed by atoms with Crippen molar-refractivity contribution < 1.29 is 33.3 Å². The van der Waals surface area contributed by atoms with Gasteiger partial charge in [0.25, 0.3) is 0 Å². The predicted molar refractivity (Wildman–Crippen MR) is 131 cm³/mol. The maximum atomic E-state index is 13.2. The minimum atomic E-state index is -0.386. The number of nitrogens with one attached hydrogen (secondary N) is 1. The molecule has 0 bridgehead atoms. The van der Waals surface area contributed by atoms with Crippen LogP contribution in [0.4, 0.5) is 9.59 Å². The Hall–Kier alpha value is -1.84. The molecule has 5 aliphatic rings. The lowest BCUT2D eigenvalue weighted by Crippen LogP contribution is -2.56. The van der Waals surface area contributed by atoms with Crippen molar-refractivity contribution in [2.24, 2.45) is 23.7 Å². The topological polar surface area (TPSA) is 102 Å². The summed E-state index contributed by atoms with van der Waals surface area (Å²) in [5.74, 6) is 1.26. The fraction of sp³-hybridized carbons (Fsp3) is 0.852. The van der Waals surface area contributed by atoms with E-state index in [0.717, 1.165) is 32.1 Å². The Morgan fingerprint density at radius 2 is 1.89 bits per heavy atom. The summed E-state index contributed by atoms with van der Waals surface area (Å²) in [6.45, 7) is 8.92. The average molecular weight is 507 g/mol. The molecule has 3 saturated heterocycles. The molecule has 0 aromatic rings. The number of likely N-dealkylation sites (tertiary alicyclic amines) is 1. The van der Waals surface area contributed by atoms with E-state index in [1.54, 1.807) is 14.2 Å². The van der Waals surface area contributed by atoms with Crippen molar-refractivity contribution in [1.82, 2.24) is 10.2 Å². The summed E-state index contributed by atoms with van der Waals surface area (Å²) in [4.78, 5) is 26.5. The van der Waals surface area contributed by atoms with Crippen molar-refractivity contribution in [2.75, 3.05) is 40.5 Å². The Morgan fingerprint density at radius 3 is 2.47 bits per heavy atom. The van der Waals surface area contributed by atoms with Gasteiger partial charge in [0.1, 0.15) is 23.4 Å². The van der Waals surface area contributed by atoms with Gasteiger partial charge in [0, 0.05) is 27.2 Å².